The predicted molar refractivity (Wildman–Crippen MR) is 92.8 cm³/mol. The van der Waals surface area contributed by atoms with E-state index in [0.717, 1.165) is 25.1 Å². The molecule has 0 spiro atoms. The molecule has 5 rings (SSSR count). The van der Waals surface area contributed by atoms with E-state index in [-0.39, 0.29) is 0 Å². The van der Waals surface area contributed by atoms with Gasteiger partial charge in [0.15, 0.2) is 0 Å². The number of benzene rings is 1. The minimum Gasteiger partial charge on any atom is -0.338 e. The number of rotatable bonds is 4. The van der Waals surface area contributed by atoms with Gasteiger partial charge in [-0.2, -0.15) is 4.98 Å². The van der Waals surface area contributed by atoms with Crippen molar-refractivity contribution in [1.82, 2.24) is 24.6 Å². The number of aryl methyl sites for hydroxylation is 1. The summed E-state index contributed by atoms with van der Waals surface area (Å²) in [6.45, 7) is 4.61. The highest BCUT2D eigenvalue weighted by Crippen LogP contribution is 2.37. The first-order valence-electron chi connectivity index (χ1n) is 8.93. The third-order valence-electron chi connectivity index (χ3n) is 5.10. The van der Waals surface area contributed by atoms with Crippen LogP contribution in [0.15, 0.2) is 35.1 Å². The number of nitrogens with zero attached hydrogens (tertiary/aromatic N) is 5. The van der Waals surface area contributed by atoms with Crippen molar-refractivity contribution >= 4 is 0 Å². The Bertz CT molecular complexity index is 891. The molecular formula is C19H21N5O. The summed E-state index contributed by atoms with van der Waals surface area (Å²) in [6, 6.07) is 8.89. The van der Waals surface area contributed by atoms with Crippen molar-refractivity contribution in [2.24, 2.45) is 0 Å². The number of imidazole rings is 1. The van der Waals surface area contributed by atoms with Crippen LogP contribution < -0.4 is 0 Å². The molecule has 25 heavy (non-hydrogen) atoms. The highest BCUT2D eigenvalue weighted by atomic mass is 16.5. The van der Waals surface area contributed by atoms with E-state index in [9.17, 15) is 0 Å². The Kier molecular flexibility index (Phi) is 3.45. The minimum atomic E-state index is 0.658. The van der Waals surface area contributed by atoms with Crippen LogP contribution in [0.1, 0.15) is 41.7 Å². The fraction of sp³-hybridized carbons (Fsp3) is 0.421. The van der Waals surface area contributed by atoms with Crippen molar-refractivity contribution in [2.75, 3.05) is 6.54 Å². The Morgan fingerprint density at radius 2 is 2.04 bits per heavy atom. The molecule has 1 aliphatic heterocycles. The Morgan fingerprint density at radius 3 is 2.84 bits per heavy atom. The van der Waals surface area contributed by atoms with Crippen molar-refractivity contribution in [3.8, 4) is 11.4 Å². The molecule has 1 fully saturated rings. The van der Waals surface area contributed by atoms with Crippen LogP contribution in [0.4, 0.5) is 0 Å². The molecule has 0 amide bonds. The molecule has 2 aromatic heterocycles. The third kappa shape index (κ3) is 2.87. The minimum absolute atomic E-state index is 0.658. The topological polar surface area (TPSA) is 60.0 Å². The number of hydrogen-bond acceptors (Lipinski definition) is 5. The standard InChI is InChI=1S/C19H21N5O/c1-13-2-4-14(5-3-13)19-21-18(25-22-19)11-23-9-8-17-16(10-23)20-12-24(17)15-6-7-15/h2-5,12,15H,6-11H2,1H3. The average molecular weight is 335 g/mol. The fourth-order valence-electron chi connectivity index (χ4n) is 3.52. The van der Waals surface area contributed by atoms with Gasteiger partial charge in [-0.05, 0) is 19.8 Å². The van der Waals surface area contributed by atoms with Crippen molar-refractivity contribution in [3.63, 3.8) is 0 Å². The van der Waals surface area contributed by atoms with Gasteiger partial charge in [-0.1, -0.05) is 35.0 Å². The van der Waals surface area contributed by atoms with E-state index < -0.39 is 0 Å². The van der Waals surface area contributed by atoms with Crippen LogP contribution in [0.25, 0.3) is 11.4 Å². The van der Waals surface area contributed by atoms with Crippen LogP contribution in [0, 0.1) is 6.92 Å². The molecular weight excluding hydrogens is 314 g/mol. The molecule has 6 heteroatoms. The van der Waals surface area contributed by atoms with Crippen molar-refractivity contribution in [1.29, 1.82) is 0 Å². The maximum absolute atomic E-state index is 5.47. The van der Waals surface area contributed by atoms with Gasteiger partial charge >= 0.3 is 0 Å². The average Bonchev–Trinajstić information content (AvgIpc) is 3.21. The molecule has 1 aliphatic carbocycles. The molecule has 6 nitrogen and oxygen atoms in total. The maximum atomic E-state index is 5.47. The summed E-state index contributed by atoms with van der Waals surface area (Å²) in [5.74, 6) is 1.33. The zero-order chi connectivity index (χ0) is 16.8. The highest BCUT2D eigenvalue weighted by Gasteiger charge is 2.29. The van der Waals surface area contributed by atoms with Crippen molar-refractivity contribution < 1.29 is 4.52 Å². The second-order valence-electron chi connectivity index (χ2n) is 7.11. The summed E-state index contributed by atoms with van der Waals surface area (Å²) in [4.78, 5) is 11.5. The van der Waals surface area contributed by atoms with E-state index in [2.05, 4.69) is 43.6 Å². The molecule has 3 aromatic rings. The summed E-state index contributed by atoms with van der Waals surface area (Å²) >= 11 is 0. The maximum Gasteiger partial charge on any atom is 0.241 e. The normalized spacial score (nSPS) is 17.6. The van der Waals surface area contributed by atoms with E-state index in [4.69, 9.17) is 4.52 Å². The quantitative estimate of drug-likeness (QED) is 0.733. The first-order valence-corrected chi connectivity index (χ1v) is 8.93. The zero-order valence-electron chi connectivity index (χ0n) is 14.4. The Hall–Kier alpha value is -2.47. The summed E-state index contributed by atoms with van der Waals surface area (Å²) in [5.41, 5.74) is 4.84. The largest absolute Gasteiger partial charge is 0.338 e. The number of aromatic nitrogens is 4. The van der Waals surface area contributed by atoms with Gasteiger partial charge < -0.3 is 9.09 Å². The second kappa shape index (κ2) is 5.81. The van der Waals surface area contributed by atoms with Crippen LogP contribution in [0.5, 0.6) is 0 Å². The van der Waals surface area contributed by atoms with E-state index in [0.29, 0.717) is 24.3 Å². The van der Waals surface area contributed by atoms with Gasteiger partial charge in [0.2, 0.25) is 11.7 Å². The lowest BCUT2D eigenvalue weighted by Crippen LogP contribution is -2.31. The second-order valence-corrected chi connectivity index (χ2v) is 7.11. The molecule has 0 N–H and O–H groups in total. The van der Waals surface area contributed by atoms with Crippen molar-refractivity contribution in [2.45, 2.75) is 45.3 Å². The smallest absolute Gasteiger partial charge is 0.241 e. The third-order valence-corrected chi connectivity index (χ3v) is 5.10. The summed E-state index contributed by atoms with van der Waals surface area (Å²) in [6.07, 6.45) is 5.67. The van der Waals surface area contributed by atoms with Gasteiger partial charge in [-0.3, -0.25) is 4.90 Å². The van der Waals surface area contributed by atoms with Gasteiger partial charge in [0.05, 0.1) is 18.6 Å². The van der Waals surface area contributed by atoms with Crippen LogP contribution in [0.2, 0.25) is 0 Å². The molecule has 0 atom stereocenters. The lowest BCUT2D eigenvalue weighted by molar-refractivity contribution is 0.206. The first kappa shape index (κ1) is 14.8. The van der Waals surface area contributed by atoms with Gasteiger partial charge in [-0.25, -0.2) is 4.98 Å². The monoisotopic (exact) mass is 335 g/mol. The first-order chi connectivity index (χ1) is 12.3. The zero-order valence-corrected chi connectivity index (χ0v) is 14.4. The summed E-state index contributed by atoms with van der Waals surface area (Å²) in [5, 5.41) is 4.13. The van der Waals surface area contributed by atoms with Crippen molar-refractivity contribution in [3.05, 3.63) is 53.4 Å². The number of hydrogen-bond donors (Lipinski definition) is 0. The Labute approximate surface area is 146 Å². The highest BCUT2D eigenvalue weighted by molar-refractivity contribution is 5.54. The van der Waals surface area contributed by atoms with Crippen LogP contribution >= 0.6 is 0 Å². The molecule has 0 bridgehead atoms. The van der Waals surface area contributed by atoms with E-state index in [1.165, 1.54) is 29.8 Å². The Balaban J connectivity index is 1.29. The SMILES string of the molecule is Cc1ccc(-c2noc(CN3CCc4c(ncn4C4CC4)C3)n2)cc1. The lowest BCUT2D eigenvalue weighted by atomic mass is 10.1. The van der Waals surface area contributed by atoms with E-state index in [1.54, 1.807) is 0 Å². The van der Waals surface area contributed by atoms with Crippen LogP contribution in [0.3, 0.4) is 0 Å². The van der Waals surface area contributed by atoms with Gasteiger partial charge in [0.1, 0.15) is 0 Å². The van der Waals surface area contributed by atoms with Gasteiger partial charge in [-0.15, -0.1) is 0 Å². The molecule has 128 valence electrons. The van der Waals surface area contributed by atoms with Crippen LogP contribution in [-0.4, -0.2) is 31.1 Å². The molecule has 0 radical (unpaired) electrons. The van der Waals surface area contributed by atoms with E-state index >= 15 is 0 Å². The Morgan fingerprint density at radius 1 is 1.20 bits per heavy atom. The van der Waals surface area contributed by atoms with Gasteiger partial charge in [0, 0.05) is 36.8 Å². The van der Waals surface area contributed by atoms with Crippen LogP contribution in [-0.2, 0) is 19.5 Å². The molecule has 1 saturated carbocycles. The van der Waals surface area contributed by atoms with E-state index in [1.807, 2.05) is 18.5 Å². The predicted octanol–water partition coefficient (Wildman–Crippen LogP) is 3.13. The lowest BCUT2D eigenvalue weighted by Gasteiger charge is -2.25. The molecule has 0 unspecified atom stereocenters. The molecule has 3 heterocycles. The van der Waals surface area contributed by atoms with Gasteiger partial charge in [0.25, 0.3) is 0 Å². The summed E-state index contributed by atoms with van der Waals surface area (Å²) < 4.78 is 7.85. The number of fused-ring (bicyclic) bond motifs is 1. The summed E-state index contributed by atoms with van der Waals surface area (Å²) in [7, 11) is 0. The molecule has 0 saturated heterocycles. The fourth-order valence-corrected chi connectivity index (χ4v) is 3.52. The molecule has 1 aromatic carbocycles. The molecule has 2 aliphatic rings.